The number of amides is 1. The zero-order valence-corrected chi connectivity index (χ0v) is 19.6. The fraction of sp³-hybridized carbons (Fsp3) is 0.120. The van der Waals surface area contributed by atoms with Gasteiger partial charge >= 0.3 is 0 Å². The van der Waals surface area contributed by atoms with Crippen LogP contribution in [0, 0.1) is 0 Å². The maximum Gasteiger partial charge on any atom is 0.280 e. The van der Waals surface area contributed by atoms with Crippen molar-refractivity contribution in [2.24, 2.45) is 0 Å². The van der Waals surface area contributed by atoms with Crippen molar-refractivity contribution >= 4 is 21.6 Å². The van der Waals surface area contributed by atoms with Gasteiger partial charge in [-0.15, -0.1) is 0 Å². The van der Waals surface area contributed by atoms with E-state index in [-0.39, 0.29) is 17.1 Å². The first-order valence-corrected chi connectivity index (χ1v) is 11.9. The first-order valence-electron chi connectivity index (χ1n) is 10.5. The Kier molecular flexibility index (Phi) is 6.76. The fourth-order valence-corrected chi connectivity index (χ4v) is 4.54. The Morgan fingerprint density at radius 3 is 2.21 bits per heavy atom. The molecule has 0 atom stereocenters. The van der Waals surface area contributed by atoms with Gasteiger partial charge in [0.25, 0.3) is 5.91 Å². The van der Waals surface area contributed by atoms with Gasteiger partial charge in [-0.1, -0.05) is 48.5 Å². The van der Waals surface area contributed by atoms with E-state index in [4.69, 9.17) is 4.74 Å². The molecule has 0 aliphatic heterocycles. The molecular weight excluding hydrogens is 452 g/mol. The topological polar surface area (TPSA) is 93.5 Å². The summed E-state index contributed by atoms with van der Waals surface area (Å²) in [6.07, 6.45) is 1.63. The van der Waals surface area contributed by atoms with E-state index < -0.39 is 15.9 Å². The minimum Gasteiger partial charge on any atom is -0.493 e. The molecule has 0 saturated heterocycles. The van der Waals surface area contributed by atoms with Gasteiger partial charge < -0.3 is 10.1 Å². The van der Waals surface area contributed by atoms with Crippen LogP contribution in [0.4, 0.5) is 5.69 Å². The van der Waals surface area contributed by atoms with E-state index >= 15 is 0 Å². The van der Waals surface area contributed by atoms with E-state index in [0.717, 1.165) is 11.3 Å². The molecule has 0 fully saturated rings. The number of methoxy groups -OCH3 is 1. The van der Waals surface area contributed by atoms with Crippen LogP contribution in [0.25, 0.3) is 5.69 Å². The number of aromatic nitrogens is 2. The second-order valence-electron chi connectivity index (χ2n) is 7.55. The van der Waals surface area contributed by atoms with Gasteiger partial charge in [0.05, 0.1) is 23.9 Å². The monoisotopic (exact) mass is 476 g/mol. The highest BCUT2D eigenvalue weighted by molar-refractivity contribution is 7.89. The molecule has 3 aromatic carbocycles. The lowest BCUT2D eigenvalue weighted by Crippen LogP contribution is -2.26. The van der Waals surface area contributed by atoms with Crippen LogP contribution in [-0.2, 0) is 16.6 Å². The number of sulfonamides is 1. The van der Waals surface area contributed by atoms with Crippen LogP contribution in [0.3, 0.4) is 0 Å². The Morgan fingerprint density at radius 2 is 1.59 bits per heavy atom. The van der Waals surface area contributed by atoms with Gasteiger partial charge in [-0.3, -0.25) is 4.79 Å². The number of hydrogen-bond acceptors (Lipinski definition) is 5. The van der Waals surface area contributed by atoms with Crippen LogP contribution in [-0.4, -0.2) is 42.6 Å². The smallest absolute Gasteiger partial charge is 0.280 e. The van der Waals surface area contributed by atoms with E-state index in [1.807, 2.05) is 60.7 Å². The summed E-state index contributed by atoms with van der Waals surface area (Å²) in [6, 6.07) is 24.7. The third-order valence-electron chi connectivity index (χ3n) is 5.20. The second kappa shape index (κ2) is 9.90. The van der Waals surface area contributed by atoms with Crippen LogP contribution in [0.2, 0.25) is 0 Å². The molecule has 0 aliphatic carbocycles. The zero-order chi connectivity index (χ0) is 24.1. The number of nitrogens with one attached hydrogen (secondary N) is 1. The maximum absolute atomic E-state index is 12.9. The normalized spacial score (nSPS) is 11.4. The molecule has 0 bridgehead atoms. The molecule has 0 unspecified atom stereocenters. The van der Waals surface area contributed by atoms with Crippen LogP contribution < -0.4 is 10.1 Å². The minimum atomic E-state index is -3.69. The molecule has 1 heterocycles. The van der Waals surface area contributed by atoms with Gasteiger partial charge in [0.1, 0.15) is 0 Å². The molecule has 0 saturated carbocycles. The lowest BCUT2D eigenvalue weighted by Gasteiger charge is -2.17. The Hall–Kier alpha value is -3.95. The summed E-state index contributed by atoms with van der Waals surface area (Å²) in [5, 5.41) is 7.09. The molecule has 4 rings (SSSR count). The Bertz CT molecular complexity index is 1370. The Morgan fingerprint density at radius 1 is 0.971 bits per heavy atom. The summed E-state index contributed by atoms with van der Waals surface area (Å²) in [6.45, 7) is 0.255. The zero-order valence-electron chi connectivity index (χ0n) is 18.8. The van der Waals surface area contributed by atoms with Crippen molar-refractivity contribution < 1.29 is 17.9 Å². The van der Waals surface area contributed by atoms with Crippen LogP contribution >= 0.6 is 0 Å². The van der Waals surface area contributed by atoms with E-state index in [1.165, 1.54) is 30.6 Å². The van der Waals surface area contributed by atoms with Crippen molar-refractivity contribution in [3.05, 3.63) is 102 Å². The number of nitrogens with zero attached hydrogens (tertiary/aromatic N) is 3. The van der Waals surface area contributed by atoms with E-state index in [2.05, 4.69) is 10.4 Å². The first-order chi connectivity index (χ1) is 16.4. The number of hydrogen-bond donors (Lipinski definition) is 1. The largest absolute Gasteiger partial charge is 0.493 e. The summed E-state index contributed by atoms with van der Waals surface area (Å²) >= 11 is 0. The highest BCUT2D eigenvalue weighted by atomic mass is 32.2. The Balaban J connectivity index is 1.48. The van der Waals surface area contributed by atoms with E-state index in [9.17, 15) is 13.2 Å². The predicted molar refractivity (Wildman–Crippen MR) is 130 cm³/mol. The van der Waals surface area contributed by atoms with Gasteiger partial charge in [-0.2, -0.15) is 9.40 Å². The molecule has 174 valence electrons. The lowest BCUT2D eigenvalue weighted by atomic mass is 10.2. The van der Waals surface area contributed by atoms with Crippen LogP contribution in [0.15, 0.2) is 96.0 Å². The fourth-order valence-electron chi connectivity index (χ4n) is 3.38. The summed E-state index contributed by atoms with van der Waals surface area (Å²) in [4.78, 5) is 13.0. The highest BCUT2D eigenvalue weighted by Gasteiger charge is 2.22. The van der Waals surface area contributed by atoms with Crippen molar-refractivity contribution in [2.45, 2.75) is 11.4 Å². The van der Waals surface area contributed by atoms with Crippen LogP contribution in [0.5, 0.6) is 5.75 Å². The molecule has 0 radical (unpaired) electrons. The number of carbonyl (C=O) groups excluding carboxylic acids is 1. The summed E-state index contributed by atoms with van der Waals surface area (Å²) < 4.78 is 34.0. The van der Waals surface area contributed by atoms with Crippen molar-refractivity contribution in [1.29, 1.82) is 0 Å². The van der Waals surface area contributed by atoms with Crippen molar-refractivity contribution in [1.82, 2.24) is 14.1 Å². The standard InChI is InChI=1S/C25H24N4O4S/c1-28(17-19-9-5-3-6-10-19)34(31,32)22-15-13-20(14-16-22)26-25(30)24-23(33-2)18-29(27-24)21-11-7-4-8-12-21/h3-16,18H,17H2,1-2H3,(H,26,30). The van der Waals surface area contributed by atoms with Gasteiger partial charge in [0.15, 0.2) is 11.4 Å². The molecule has 1 N–H and O–H groups in total. The van der Waals surface area contributed by atoms with Gasteiger partial charge in [-0.05, 0) is 42.0 Å². The molecule has 1 aromatic heterocycles. The number of benzene rings is 3. The quantitative estimate of drug-likeness (QED) is 0.416. The first kappa shape index (κ1) is 23.2. The number of rotatable bonds is 8. The molecule has 9 heteroatoms. The Labute approximate surface area is 198 Å². The summed E-state index contributed by atoms with van der Waals surface area (Å²) in [7, 11) is -0.686. The number of ether oxygens (including phenoxy) is 1. The van der Waals surface area contributed by atoms with Crippen molar-refractivity contribution in [3.63, 3.8) is 0 Å². The average Bonchev–Trinajstić information content (AvgIpc) is 3.30. The third kappa shape index (κ3) is 5.00. The molecule has 1 amide bonds. The molecule has 0 spiro atoms. The lowest BCUT2D eigenvalue weighted by molar-refractivity contribution is 0.101. The molecule has 4 aromatic rings. The molecule has 34 heavy (non-hydrogen) atoms. The summed E-state index contributed by atoms with van der Waals surface area (Å²) in [5.74, 6) is -0.147. The van der Waals surface area contributed by atoms with E-state index in [1.54, 1.807) is 23.0 Å². The number of carbonyl (C=O) groups is 1. The van der Waals surface area contributed by atoms with Crippen molar-refractivity contribution in [3.8, 4) is 11.4 Å². The maximum atomic E-state index is 12.9. The third-order valence-corrected chi connectivity index (χ3v) is 7.02. The number of para-hydroxylation sites is 1. The molecular formula is C25H24N4O4S. The molecule has 8 nitrogen and oxygen atoms in total. The predicted octanol–water partition coefficient (Wildman–Crippen LogP) is 3.95. The van der Waals surface area contributed by atoms with Gasteiger partial charge in [-0.25, -0.2) is 13.1 Å². The van der Waals surface area contributed by atoms with Gasteiger partial charge in [0.2, 0.25) is 10.0 Å². The van der Waals surface area contributed by atoms with Crippen LogP contribution in [0.1, 0.15) is 16.1 Å². The SMILES string of the molecule is COc1cn(-c2ccccc2)nc1C(=O)Nc1ccc(S(=O)(=O)N(C)Cc2ccccc2)cc1. The summed E-state index contributed by atoms with van der Waals surface area (Å²) in [5.41, 5.74) is 2.23. The highest BCUT2D eigenvalue weighted by Crippen LogP contribution is 2.23. The van der Waals surface area contributed by atoms with Gasteiger partial charge in [0, 0.05) is 19.3 Å². The number of anilines is 1. The van der Waals surface area contributed by atoms with Crippen molar-refractivity contribution in [2.75, 3.05) is 19.5 Å². The minimum absolute atomic E-state index is 0.116. The molecule has 0 aliphatic rings. The van der Waals surface area contributed by atoms with E-state index in [0.29, 0.717) is 11.4 Å². The average molecular weight is 477 g/mol. The second-order valence-corrected chi connectivity index (χ2v) is 9.60.